The minimum Gasteiger partial charge on any atom is -0.428 e. The first-order chi connectivity index (χ1) is 13.8. The number of amidine groups is 1. The van der Waals surface area contributed by atoms with Gasteiger partial charge >= 0.3 is 0 Å². The third kappa shape index (κ3) is 3.98. The van der Waals surface area contributed by atoms with Gasteiger partial charge in [-0.15, -0.1) is 0 Å². The molecule has 1 aliphatic heterocycles. The molecule has 10 heteroatoms. The molecule has 0 bridgehead atoms. The lowest BCUT2D eigenvalue weighted by Gasteiger charge is -2.28. The quantitative estimate of drug-likeness (QED) is 0.722. The Morgan fingerprint density at radius 1 is 1.38 bits per heavy atom. The maximum atomic E-state index is 14.5. The van der Waals surface area contributed by atoms with Crippen molar-refractivity contribution in [1.82, 2.24) is 4.98 Å². The zero-order chi connectivity index (χ0) is 21.2. The van der Waals surface area contributed by atoms with E-state index < -0.39 is 23.9 Å². The molecular formula is C19H16F2N6O2. The fraction of sp³-hybridized carbons (Fsp3) is 0.158. The summed E-state index contributed by atoms with van der Waals surface area (Å²) < 4.78 is 32.5. The van der Waals surface area contributed by atoms with E-state index in [9.17, 15) is 13.6 Å². The van der Waals surface area contributed by atoms with Crippen molar-refractivity contribution in [2.45, 2.75) is 12.5 Å². The molecule has 0 radical (unpaired) electrons. The van der Waals surface area contributed by atoms with Crippen LogP contribution in [0.3, 0.4) is 0 Å². The van der Waals surface area contributed by atoms with Gasteiger partial charge in [-0.2, -0.15) is 5.26 Å². The van der Waals surface area contributed by atoms with Gasteiger partial charge in [0.25, 0.3) is 11.9 Å². The fourth-order valence-electron chi connectivity index (χ4n) is 2.88. The van der Waals surface area contributed by atoms with Gasteiger partial charge in [-0.05, 0) is 37.3 Å². The Bertz CT molecular complexity index is 1090. The van der Waals surface area contributed by atoms with Gasteiger partial charge in [0.2, 0.25) is 0 Å². The number of carbonyl (C=O) groups excluding carboxylic acids is 1. The van der Waals surface area contributed by atoms with E-state index in [0.29, 0.717) is 0 Å². The number of amides is 1. The van der Waals surface area contributed by atoms with Crippen LogP contribution < -0.4 is 16.8 Å². The molecule has 3 rings (SSSR count). The average Bonchev–Trinajstić information content (AvgIpc) is 2.68. The second-order valence-corrected chi connectivity index (χ2v) is 6.37. The number of pyridine rings is 1. The second-order valence-electron chi connectivity index (χ2n) is 6.37. The van der Waals surface area contributed by atoms with Crippen LogP contribution in [0.2, 0.25) is 0 Å². The molecule has 0 saturated carbocycles. The van der Waals surface area contributed by atoms with Crippen molar-refractivity contribution >= 4 is 23.3 Å². The molecule has 1 aromatic carbocycles. The summed E-state index contributed by atoms with van der Waals surface area (Å²) in [6, 6.07) is 6.71. The number of nitrogen functional groups attached to an aromatic ring is 1. The molecule has 0 saturated heterocycles. The van der Waals surface area contributed by atoms with E-state index in [1.807, 2.05) is 6.07 Å². The Balaban J connectivity index is 1.94. The summed E-state index contributed by atoms with van der Waals surface area (Å²) in [7, 11) is 0. The van der Waals surface area contributed by atoms with E-state index in [1.54, 1.807) is 0 Å². The molecule has 0 fully saturated rings. The predicted molar refractivity (Wildman–Crippen MR) is 102 cm³/mol. The topological polar surface area (TPSA) is 139 Å². The number of ether oxygens (including phenoxy) is 1. The highest BCUT2D eigenvalue weighted by Crippen LogP contribution is 2.35. The highest BCUT2D eigenvalue weighted by atomic mass is 19.1. The van der Waals surface area contributed by atoms with Crippen LogP contribution in [0.4, 0.5) is 20.2 Å². The van der Waals surface area contributed by atoms with Gasteiger partial charge in [-0.3, -0.25) is 4.79 Å². The molecule has 1 atom stereocenters. The van der Waals surface area contributed by atoms with Gasteiger partial charge in [0, 0.05) is 17.4 Å². The summed E-state index contributed by atoms with van der Waals surface area (Å²) >= 11 is 0. The SMILES string of the molecule is C[C@@]1(c2cc(NC(=O)c3ncc(C#N)cc3N)ccc2F)C=C(CF)OC(N)=N1. The molecular weight excluding hydrogens is 382 g/mol. The first-order valence-corrected chi connectivity index (χ1v) is 8.33. The number of aliphatic imine (C=N–C) groups is 1. The van der Waals surface area contributed by atoms with Gasteiger partial charge in [0.05, 0.1) is 11.3 Å². The number of hydrogen-bond donors (Lipinski definition) is 3. The smallest absolute Gasteiger partial charge is 0.288 e. The number of nitrogens with zero attached hydrogens (tertiary/aromatic N) is 3. The van der Waals surface area contributed by atoms with E-state index in [-0.39, 0.29) is 40.0 Å². The van der Waals surface area contributed by atoms with Crippen molar-refractivity contribution in [2.75, 3.05) is 17.7 Å². The standard InChI is InChI=1S/C19H16F2N6O2/c1-19(6-12(7-20)29-18(24)27-19)13-5-11(2-3-14(13)21)26-17(28)16-15(23)4-10(8-22)9-25-16/h2-6,9H,7,23H2,1H3,(H2,24,27)(H,26,28)/t19-/m0/s1. The third-order valence-electron chi connectivity index (χ3n) is 4.18. The number of nitrogens with one attached hydrogen (secondary N) is 1. The Morgan fingerprint density at radius 2 is 2.14 bits per heavy atom. The van der Waals surface area contributed by atoms with Crippen molar-refractivity contribution in [1.29, 1.82) is 5.26 Å². The molecule has 0 aliphatic carbocycles. The molecule has 148 valence electrons. The van der Waals surface area contributed by atoms with Gasteiger partial charge in [-0.1, -0.05) is 0 Å². The summed E-state index contributed by atoms with van der Waals surface area (Å²) in [4.78, 5) is 20.4. The number of rotatable bonds is 4. The van der Waals surface area contributed by atoms with E-state index in [2.05, 4.69) is 15.3 Å². The summed E-state index contributed by atoms with van der Waals surface area (Å²) in [6.07, 6.45) is 2.53. The van der Waals surface area contributed by atoms with E-state index in [1.165, 1.54) is 37.4 Å². The van der Waals surface area contributed by atoms with Crippen LogP contribution in [0.15, 0.2) is 47.3 Å². The number of nitrogens with two attached hydrogens (primary N) is 2. The molecule has 0 unspecified atom stereocenters. The largest absolute Gasteiger partial charge is 0.428 e. The van der Waals surface area contributed by atoms with Crippen LogP contribution >= 0.6 is 0 Å². The number of halogens is 2. The van der Waals surface area contributed by atoms with Crippen molar-refractivity contribution in [2.24, 2.45) is 10.7 Å². The van der Waals surface area contributed by atoms with Crippen LogP contribution in [-0.4, -0.2) is 23.6 Å². The van der Waals surface area contributed by atoms with Gasteiger partial charge in [0.15, 0.2) is 5.69 Å². The zero-order valence-corrected chi connectivity index (χ0v) is 15.2. The van der Waals surface area contributed by atoms with Crippen LogP contribution in [0.1, 0.15) is 28.5 Å². The number of benzene rings is 1. The number of alkyl halides is 1. The first kappa shape index (κ1) is 19.8. The van der Waals surface area contributed by atoms with Gasteiger partial charge < -0.3 is 21.5 Å². The molecule has 5 N–H and O–H groups in total. The number of nitriles is 1. The molecule has 29 heavy (non-hydrogen) atoms. The van der Waals surface area contributed by atoms with Crippen molar-refractivity contribution < 1.29 is 18.3 Å². The normalized spacial score (nSPS) is 18.1. The number of anilines is 2. The summed E-state index contributed by atoms with van der Waals surface area (Å²) in [5, 5.41) is 11.4. The monoisotopic (exact) mass is 398 g/mol. The highest BCUT2D eigenvalue weighted by molar-refractivity contribution is 6.06. The van der Waals surface area contributed by atoms with Crippen molar-refractivity contribution in [3.05, 3.63) is 64.9 Å². The molecule has 1 aromatic heterocycles. The van der Waals surface area contributed by atoms with Crippen LogP contribution in [0.25, 0.3) is 0 Å². The molecule has 1 amide bonds. The number of allylic oxidation sites excluding steroid dienone is 1. The van der Waals surface area contributed by atoms with Crippen LogP contribution in [0, 0.1) is 17.1 Å². The van der Waals surface area contributed by atoms with E-state index >= 15 is 0 Å². The van der Waals surface area contributed by atoms with Crippen molar-refractivity contribution in [3.63, 3.8) is 0 Å². The Morgan fingerprint density at radius 3 is 2.79 bits per heavy atom. The minimum atomic E-state index is -1.33. The lowest BCUT2D eigenvalue weighted by molar-refractivity contribution is 0.102. The second kappa shape index (κ2) is 7.55. The fourth-order valence-corrected chi connectivity index (χ4v) is 2.88. The first-order valence-electron chi connectivity index (χ1n) is 8.33. The van der Waals surface area contributed by atoms with Crippen molar-refractivity contribution in [3.8, 4) is 6.07 Å². The third-order valence-corrected chi connectivity index (χ3v) is 4.18. The molecule has 8 nitrogen and oxygen atoms in total. The minimum absolute atomic E-state index is 0.0215. The van der Waals surface area contributed by atoms with Gasteiger partial charge in [0.1, 0.15) is 29.9 Å². The van der Waals surface area contributed by atoms with E-state index in [0.717, 1.165) is 6.07 Å². The molecule has 0 spiro atoms. The Hall–Kier alpha value is -4.00. The number of aromatic nitrogens is 1. The average molecular weight is 398 g/mol. The maximum Gasteiger partial charge on any atom is 0.288 e. The van der Waals surface area contributed by atoms with Gasteiger partial charge in [-0.25, -0.2) is 18.8 Å². The summed E-state index contributed by atoms with van der Waals surface area (Å²) in [6.45, 7) is 0.593. The number of carbonyl (C=O) groups is 1. The summed E-state index contributed by atoms with van der Waals surface area (Å²) in [5.74, 6) is -1.37. The molecule has 2 heterocycles. The maximum absolute atomic E-state index is 14.5. The highest BCUT2D eigenvalue weighted by Gasteiger charge is 2.32. The van der Waals surface area contributed by atoms with Crippen LogP contribution in [0.5, 0.6) is 0 Å². The van der Waals surface area contributed by atoms with Crippen LogP contribution in [-0.2, 0) is 10.3 Å². The molecule has 1 aliphatic rings. The lowest BCUT2D eigenvalue weighted by atomic mass is 9.90. The predicted octanol–water partition coefficient (Wildman–Crippen LogP) is 2.34. The Kier molecular flexibility index (Phi) is 5.14. The van der Waals surface area contributed by atoms with E-state index in [4.69, 9.17) is 21.5 Å². The zero-order valence-electron chi connectivity index (χ0n) is 15.2. The summed E-state index contributed by atoms with van der Waals surface area (Å²) in [5.41, 5.74) is 10.4. The lowest BCUT2D eigenvalue weighted by Crippen LogP contribution is -2.31. The number of hydrogen-bond acceptors (Lipinski definition) is 7. The molecule has 2 aromatic rings. The Labute approximate surface area is 164 Å².